The summed E-state index contributed by atoms with van der Waals surface area (Å²) >= 11 is 6.76. The molecule has 0 unspecified atom stereocenters. The summed E-state index contributed by atoms with van der Waals surface area (Å²) in [5.74, 6) is -0.0802. The smallest absolute Gasteiger partial charge is 0.137 e. The Morgan fingerprint density at radius 2 is 1.79 bits per heavy atom. The van der Waals surface area contributed by atoms with Crippen molar-refractivity contribution in [1.29, 1.82) is 0 Å². The summed E-state index contributed by atoms with van der Waals surface area (Å²) in [7, 11) is 0. The van der Waals surface area contributed by atoms with E-state index in [1.165, 1.54) is 11.6 Å². The summed E-state index contributed by atoms with van der Waals surface area (Å²) in [6.45, 7) is 2.05. The van der Waals surface area contributed by atoms with Crippen molar-refractivity contribution in [3.8, 4) is 5.75 Å². The molecule has 1 aliphatic rings. The molecule has 2 atom stereocenters. The molecule has 0 aromatic heterocycles. The zero-order chi connectivity index (χ0) is 20.5. The first-order valence-corrected chi connectivity index (χ1v) is 10.8. The van der Waals surface area contributed by atoms with Crippen molar-refractivity contribution < 1.29 is 9.50 Å². The number of benzene rings is 3. The highest BCUT2D eigenvalue weighted by Crippen LogP contribution is 2.36. The first-order chi connectivity index (χ1) is 13.9. The maximum absolute atomic E-state index is 13.7. The Kier molecular flexibility index (Phi) is 5.86. The molecule has 29 heavy (non-hydrogen) atoms. The number of aryl methyl sites for hydroxylation is 1. The predicted octanol–water partition coefficient (Wildman–Crippen LogP) is 6.59. The number of nitrogens with one attached hydrogen (secondary N) is 1. The van der Waals surface area contributed by atoms with Gasteiger partial charge in [-0.15, -0.1) is 0 Å². The molecular weight excluding hydrogens is 499 g/mol. The number of phenols is 1. The van der Waals surface area contributed by atoms with Crippen molar-refractivity contribution in [2.75, 3.05) is 0 Å². The van der Waals surface area contributed by atoms with Gasteiger partial charge in [0.15, 0.2) is 0 Å². The van der Waals surface area contributed by atoms with Crippen molar-refractivity contribution in [3.63, 3.8) is 0 Å². The van der Waals surface area contributed by atoms with Crippen molar-refractivity contribution in [2.45, 2.75) is 25.6 Å². The standard InChI is InChI=1S/C23H19Br2FN2O/c1-13-2-4-14(5-3-13)20-12-21(17-11-16(24)7-9-22(17)29)28-23(27-20)15-6-8-19(26)18(25)10-15/h2-11,21,23,28-29H,12H2,1H3/t21-,23+/m1/s1. The third kappa shape index (κ3) is 4.44. The Bertz CT molecular complexity index is 1080. The average molecular weight is 518 g/mol. The number of hydrogen-bond donors (Lipinski definition) is 2. The van der Waals surface area contributed by atoms with Crippen LogP contribution >= 0.6 is 31.9 Å². The van der Waals surface area contributed by atoms with E-state index < -0.39 is 0 Å². The zero-order valence-corrected chi connectivity index (χ0v) is 18.8. The summed E-state index contributed by atoms with van der Waals surface area (Å²) in [5.41, 5.74) is 4.82. The van der Waals surface area contributed by atoms with Crippen LogP contribution in [0.1, 0.15) is 40.9 Å². The van der Waals surface area contributed by atoms with Crippen LogP contribution in [0.5, 0.6) is 5.75 Å². The molecule has 1 aliphatic heterocycles. The minimum absolute atomic E-state index is 0.143. The third-order valence-electron chi connectivity index (χ3n) is 5.05. The van der Waals surface area contributed by atoms with E-state index in [0.717, 1.165) is 26.9 Å². The molecule has 2 N–H and O–H groups in total. The fourth-order valence-corrected chi connectivity index (χ4v) is 4.26. The van der Waals surface area contributed by atoms with Gasteiger partial charge in [0.05, 0.1) is 4.47 Å². The molecule has 3 aromatic rings. The molecule has 4 rings (SSSR count). The number of aliphatic imine (C=N–C) groups is 1. The molecule has 148 valence electrons. The van der Waals surface area contributed by atoms with Crippen LogP contribution in [-0.2, 0) is 0 Å². The Balaban J connectivity index is 1.78. The van der Waals surface area contributed by atoms with Crippen LogP contribution in [0.25, 0.3) is 0 Å². The number of hydrogen-bond acceptors (Lipinski definition) is 3. The van der Waals surface area contributed by atoms with Crippen LogP contribution in [0.3, 0.4) is 0 Å². The number of nitrogens with zero attached hydrogens (tertiary/aromatic N) is 1. The average Bonchev–Trinajstić information content (AvgIpc) is 2.72. The normalized spacial score (nSPS) is 19.1. The van der Waals surface area contributed by atoms with Crippen LogP contribution < -0.4 is 5.32 Å². The van der Waals surface area contributed by atoms with Gasteiger partial charge in [0.1, 0.15) is 17.7 Å². The molecule has 3 nitrogen and oxygen atoms in total. The van der Waals surface area contributed by atoms with E-state index in [1.807, 2.05) is 12.1 Å². The molecule has 0 aliphatic carbocycles. The minimum atomic E-state index is -0.361. The maximum atomic E-state index is 13.7. The van der Waals surface area contributed by atoms with Crippen LogP contribution in [0.15, 0.2) is 74.6 Å². The molecule has 3 aromatic carbocycles. The van der Waals surface area contributed by atoms with Crippen LogP contribution in [-0.4, -0.2) is 10.8 Å². The molecule has 0 saturated carbocycles. The van der Waals surface area contributed by atoms with Gasteiger partial charge in [-0.2, -0.15) is 0 Å². The lowest BCUT2D eigenvalue weighted by Crippen LogP contribution is -2.33. The van der Waals surface area contributed by atoms with Gasteiger partial charge in [0, 0.05) is 28.2 Å². The summed E-state index contributed by atoms with van der Waals surface area (Å²) < 4.78 is 15.0. The Morgan fingerprint density at radius 3 is 2.52 bits per heavy atom. The summed E-state index contributed by atoms with van der Waals surface area (Å²) in [5, 5.41) is 14.0. The fourth-order valence-electron chi connectivity index (χ4n) is 3.48. The lowest BCUT2D eigenvalue weighted by atomic mass is 9.93. The van der Waals surface area contributed by atoms with Gasteiger partial charge in [-0.05, 0) is 64.3 Å². The van der Waals surface area contributed by atoms with Gasteiger partial charge < -0.3 is 5.11 Å². The number of aromatic hydroxyl groups is 1. The van der Waals surface area contributed by atoms with E-state index in [1.54, 1.807) is 18.2 Å². The first-order valence-electron chi connectivity index (χ1n) is 9.24. The highest BCUT2D eigenvalue weighted by atomic mass is 79.9. The molecular formula is C23H19Br2FN2O. The van der Waals surface area contributed by atoms with Gasteiger partial charge >= 0.3 is 0 Å². The Hall–Kier alpha value is -2.02. The molecule has 0 spiro atoms. The first kappa shape index (κ1) is 20.3. The Labute approximate surface area is 186 Å². The van der Waals surface area contributed by atoms with Gasteiger partial charge in [-0.1, -0.05) is 51.8 Å². The molecule has 0 radical (unpaired) electrons. The second-order valence-corrected chi connectivity index (χ2v) is 8.91. The van der Waals surface area contributed by atoms with E-state index in [-0.39, 0.29) is 23.8 Å². The number of rotatable bonds is 3. The van der Waals surface area contributed by atoms with Crippen molar-refractivity contribution >= 4 is 37.6 Å². The Morgan fingerprint density at radius 1 is 1.03 bits per heavy atom. The molecule has 0 bridgehead atoms. The highest BCUT2D eigenvalue weighted by Gasteiger charge is 2.28. The quantitative estimate of drug-likeness (QED) is 0.411. The highest BCUT2D eigenvalue weighted by molar-refractivity contribution is 9.10. The SMILES string of the molecule is Cc1ccc(C2=N[C@H](c3ccc(F)c(Br)c3)N[C@@H](c3cc(Br)ccc3O)C2)cc1. The minimum Gasteiger partial charge on any atom is -0.508 e. The maximum Gasteiger partial charge on any atom is 0.137 e. The van der Waals surface area contributed by atoms with E-state index in [2.05, 4.69) is 68.4 Å². The largest absolute Gasteiger partial charge is 0.508 e. The second kappa shape index (κ2) is 8.38. The third-order valence-corrected chi connectivity index (χ3v) is 6.15. The van der Waals surface area contributed by atoms with Crippen molar-refractivity contribution in [2.24, 2.45) is 4.99 Å². The topological polar surface area (TPSA) is 44.6 Å². The molecule has 0 amide bonds. The lowest BCUT2D eigenvalue weighted by molar-refractivity contribution is 0.412. The lowest BCUT2D eigenvalue weighted by Gasteiger charge is -2.31. The van der Waals surface area contributed by atoms with Gasteiger partial charge in [-0.25, -0.2) is 4.39 Å². The van der Waals surface area contributed by atoms with Crippen LogP contribution in [0.2, 0.25) is 0 Å². The van der Waals surface area contributed by atoms with Crippen LogP contribution in [0, 0.1) is 12.7 Å². The summed E-state index contributed by atoms with van der Waals surface area (Å²) in [6, 6.07) is 18.4. The molecule has 0 fully saturated rings. The number of phenolic OH excluding ortho intramolecular Hbond substituents is 1. The summed E-state index contributed by atoms with van der Waals surface area (Å²) in [6.07, 6.45) is 0.270. The zero-order valence-electron chi connectivity index (χ0n) is 15.7. The summed E-state index contributed by atoms with van der Waals surface area (Å²) in [4.78, 5) is 4.92. The fraction of sp³-hybridized carbons (Fsp3) is 0.174. The second-order valence-electron chi connectivity index (χ2n) is 7.14. The van der Waals surface area contributed by atoms with Gasteiger partial charge in [0.25, 0.3) is 0 Å². The van der Waals surface area contributed by atoms with E-state index >= 15 is 0 Å². The monoisotopic (exact) mass is 516 g/mol. The van der Waals surface area contributed by atoms with Gasteiger partial charge in [-0.3, -0.25) is 10.3 Å². The molecule has 1 heterocycles. The van der Waals surface area contributed by atoms with E-state index in [0.29, 0.717) is 10.9 Å². The van der Waals surface area contributed by atoms with Crippen molar-refractivity contribution in [1.82, 2.24) is 5.32 Å². The van der Waals surface area contributed by atoms with Crippen molar-refractivity contribution in [3.05, 3.63) is 97.7 Å². The molecule has 6 heteroatoms. The predicted molar refractivity (Wildman–Crippen MR) is 121 cm³/mol. The van der Waals surface area contributed by atoms with Gasteiger partial charge in [0.2, 0.25) is 0 Å². The molecule has 0 saturated heterocycles. The van der Waals surface area contributed by atoms with Crippen LogP contribution in [0.4, 0.5) is 4.39 Å². The van der Waals surface area contributed by atoms with E-state index in [9.17, 15) is 9.50 Å². The van der Waals surface area contributed by atoms with E-state index in [4.69, 9.17) is 4.99 Å². The number of halogens is 3.